The number of benzene rings is 2. The molecule has 1 aliphatic carbocycles. The van der Waals surface area contributed by atoms with Crippen LogP contribution < -0.4 is 17.0 Å². The summed E-state index contributed by atoms with van der Waals surface area (Å²) < 4.78 is 23.7. The highest BCUT2D eigenvalue weighted by atomic mass is 19.1. The first-order chi connectivity index (χ1) is 21.6. The van der Waals surface area contributed by atoms with Gasteiger partial charge < -0.3 is 21.3 Å². The van der Waals surface area contributed by atoms with Gasteiger partial charge in [0.05, 0.1) is 23.7 Å². The van der Waals surface area contributed by atoms with Crippen molar-refractivity contribution in [3.05, 3.63) is 93.7 Å². The molecule has 45 heavy (non-hydrogen) atoms. The average Bonchev–Trinajstić information content (AvgIpc) is 3.76. The van der Waals surface area contributed by atoms with Crippen LogP contribution in [0.1, 0.15) is 47.7 Å². The number of rotatable bonds is 10. The number of nitrogens with two attached hydrogens (primary N) is 2. The molecule has 0 spiro atoms. The third-order valence-electron chi connectivity index (χ3n) is 7.56. The number of carbonyl (C=O) groups excluding carboxylic acids is 1. The number of aliphatic carboxylic acids is 1. The van der Waals surface area contributed by atoms with Crippen LogP contribution in [0.4, 0.5) is 10.3 Å². The number of nitrogens with zero attached hydrogens (tertiary/aromatic N) is 6. The molecule has 230 valence electrons. The molecule has 1 aliphatic rings. The van der Waals surface area contributed by atoms with Gasteiger partial charge in [0, 0.05) is 37.0 Å². The van der Waals surface area contributed by atoms with Gasteiger partial charge in [-0.05, 0) is 53.5 Å². The van der Waals surface area contributed by atoms with E-state index in [0.717, 1.165) is 24.0 Å². The quantitative estimate of drug-likeness (QED) is 0.196. The summed E-state index contributed by atoms with van der Waals surface area (Å²) >= 11 is 0. The molecule has 3 aromatic heterocycles. The van der Waals surface area contributed by atoms with E-state index in [1.807, 2.05) is 12.3 Å². The maximum atomic E-state index is 15.4. The van der Waals surface area contributed by atoms with Crippen LogP contribution in [0.3, 0.4) is 0 Å². The van der Waals surface area contributed by atoms with Gasteiger partial charge in [-0.15, -0.1) is 0 Å². The number of esters is 1. The number of pyridine rings is 1. The third-order valence-corrected chi connectivity index (χ3v) is 7.56. The molecule has 5 aromatic rings. The molecule has 3 heterocycles. The number of aromatic nitrogens is 6. The van der Waals surface area contributed by atoms with Gasteiger partial charge in [-0.2, -0.15) is 15.1 Å². The van der Waals surface area contributed by atoms with Gasteiger partial charge in [0.1, 0.15) is 24.3 Å². The first-order valence-electron chi connectivity index (χ1n) is 14.2. The summed E-state index contributed by atoms with van der Waals surface area (Å²) in [5.41, 5.74) is 13.8. The summed E-state index contributed by atoms with van der Waals surface area (Å²) in [7, 11) is 1.78. The van der Waals surface area contributed by atoms with Crippen molar-refractivity contribution < 1.29 is 23.8 Å². The minimum absolute atomic E-state index is 0.0628. The minimum Gasteiger partial charge on any atom is -0.481 e. The van der Waals surface area contributed by atoms with Crippen LogP contribution in [0.5, 0.6) is 0 Å². The summed E-state index contributed by atoms with van der Waals surface area (Å²) in [4.78, 5) is 50.7. The van der Waals surface area contributed by atoms with Gasteiger partial charge in [0.25, 0.3) is 5.56 Å². The first-order valence-corrected chi connectivity index (χ1v) is 14.2. The number of hydrogen-bond donors (Lipinski definition) is 3. The van der Waals surface area contributed by atoms with E-state index in [0.29, 0.717) is 29.1 Å². The van der Waals surface area contributed by atoms with Gasteiger partial charge in [0.2, 0.25) is 5.95 Å². The van der Waals surface area contributed by atoms with Crippen LogP contribution in [0.2, 0.25) is 0 Å². The molecule has 1 fully saturated rings. The fraction of sp³-hybridized carbons (Fsp3) is 0.258. The molecular weight excluding hydrogens is 583 g/mol. The lowest BCUT2D eigenvalue weighted by molar-refractivity contribution is -0.150. The topological polar surface area (TPSA) is 194 Å². The molecule has 14 heteroatoms. The molecule has 0 amide bonds. The monoisotopic (exact) mass is 612 g/mol. The Morgan fingerprint density at radius 1 is 1.18 bits per heavy atom. The molecule has 0 unspecified atom stereocenters. The molecule has 1 atom stereocenters. The van der Waals surface area contributed by atoms with Crippen molar-refractivity contribution in [3.63, 3.8) is 0 Å². The maximum Gasteiger partial charge on any atom is 0.323 e. The van der Waals surface area contributed by atoms with E-state index < -0.39 is 42.4 Å². The highest BCUT2D eigenvalue weighted by molar-refractivity contribution is 5.84. The predicted octanol–water partition coefficient (Wildman–Crippen LogP) is 2.61. The fourth-order valence-corrected chi connectivity index (χ4v) is 5.26. The number of carboxylic acid groups (broad SMARTS) is 1. The Hall–Kier alpha value is -5.50. The molecule has 13 nitrogen and oxygen atoms in total. The normalized spacial score (nSPS) is 13.6. The predicted molar refractivity (Wildman–Crippen MR) is 161 cm³/mol. The number of hydrogen-bond acceptors (Lipinski definition) is 10. The Kier molecular flexibility index (Phi) is 7.81. The Morgan fingerprint density at radius 2 is 1.98 bits per heavy atom. The molecule has 0 radical (unpaired) electrons. The second kappa shape index (κ2) is 11.9. The van der Waals surface area contributed by atoms with Crippen molar-refractivity contribution in [2.45, 2.75) is 44.2 Å². The van der Waals surface area contributed by atoms with Crippen LogP contribution in [0.15, 0.2) is 59.8 Å². The number of aryl methyl sites for hydroxylation is 1. The lowest BCUT2D eigenvalue weighted by Gasteiger charge is -2.18. The second-order valence-corrected chi connectivity index (χ2v) is 11.0. The zero-order chi connectivity index (χ0) is 31.8. The molecular formula is C31H29FN8O5. The van der Waals surface area contributed by atoms with Crippen molar-refractivity contribution in [2.75, 3.05) is 5.73 Å². The highest BCUT2D eigenvalue weighted by Crippen LogP contribution is 2.41. The number of anilines is 1. The van der Waals surface area contributed by atoms with E-state index in [-0.39, 0.29) is 28.4 Å². The number of carbonyl (C=O) groups is 2. The van der Waals surface area contributed by atoms with Gasteiger partial charge in [-0.25, -0.2) is 9.37 Å². The van der Waals surface area contributed by atoms with Gasteiger partial charge in [0.15, 0.2) is 5.82 Å². The van der Waals surface area contributed by atoms with Crippen molar-refractivity contribution in [3.8, 4) is 17.1 Å². The van der Waals surface area contributed by atoms with Crippen molar-refractivity contribution in [1.82, 2.24) is 29.3 Å². The van der Waals surface area contributed by atoms with Gasteiger partial charge in [-0.3, -0.25) is 23.6 Å². The van der Waals surface area contributed by atoms with Crippen LogP contribution in [0, 0.1) is 5.82 Å². The lowest BCUT2D eigenvalue weighted by Crippen LogP contribution is -2.34. The van der Waals surface area contributed by atoms with Crippen LogP contribution in [0.25, 0.3) is 27.8 Å². The van der Waals surface area contributed by atoms with Crippen LogP contribution in [-0.2, 0) is 34.4 Å². The summed E-state index contributed by atoms with van der Waals surface area (Å²) in [6.07, 6.45) is 6.64. The number of fused-ring (bicyclic) bond motifs is 1. The Morgan fingerprint density at radius 3 is 2.69 bits per heavy atom. The van der Waals surface area contributed by atoms with E-state index in [1.165, 1.54) is 16.8 Å². The van der Waals surface area contributed by atoms with Gasteiger partial charge >= 0.3 is 11.9 Å². The SMILES string of the molecule is Cn1cc(Cc2nc(N)nc(-c3cccc(-n4ccc5cc(C6CC6)cc(F)c5c4=O)c3COC(=O)[C@@H](N)CC(=O)O)n2)cn1. The standard InChI is InChI=1S/C31H29FN8O5/c1-39-14-16(13-35-39)9-25-36-28(38-31(34)37-25)20-3-2-4-24(21(20)15-45-30(44)23(33)12-26(41)42)40-8-7-18-10-19(17-5-6-17)11-22(32)27(18)29(40)43/h2-4,7-8,10-11,13-14,17,23H,5-6,9,12,15,33H2,1H3,(H,41,42)(H2,34,36,37,38)/t23-/m0/s1. The molecule has 5 N–H and O–H groups in total. The maximum absolute atomic E-state index is 15.4. The Balaban J connectivity index is 1.46. The average molecular weight is 613 g/mol. The number of ether oxygens (including phenoxy) is 1. The van der Waals surface area contributed by atoms with E-state index in [4.69, 9.17) is 21.3 Å². The fourth-order valence-electron chi connectivity index (χ4n) is 5.26. The van der Waals surface area contributed by atoms with E-state index in [9.17, 15) is 14.4 Å². The van der Waals surface area contributed by atoms with Crippen LogP contribution in [-0.4, -0.2) is 52.4 Å². The van der Waals surface area contributed by atoms with Crippen molar-refractivity contribution in [2.24, 2.45) is 12.8 Å². The molecule has 1 saturated carbocycles. The molecule has 2 aromatic carbocycles. The third kappa shape index (κ3) is 6.26. The van der Waals surface area contributed by atoms with Crippen molar-refractivity contribution >= 4 is 28.7 Å². The molecule has 0 aliphatic heterocycles. The smallest absolute Gasteiger partial charge is 0.323 e. The number of nitrogen functional groups attached to an aromatic ring is 1. The molecule has 0 saturated heterocycles. The van der Waals surface area contributed by atoms with Crippen molar-refractivity contribution in [1.29, 1.82) is 0 Å². The highest BCUT2D eigenvalue weighted by Gasteiger charge is 2.26. The summed E-state index contributed by atoms with van der Waals surface area (Å²) in [6, 6.07) is 8.39. The minimum atomic E-state index is -1.42. The summed E-state index contributed by atoms with van der Waals surface area (Å²) in [5.74, 6) is -2.13. The number of halogens is 1. The van der Waals surface area contributed by atoms with E-state index in [2.05, 4.69) is 20.1 Å². The first kappa shape index (κ1) is 29.6. The Labute approximate surface area is 255 Å². The largest absolute Gasteiger partial charge is 0.481 e. The summed E-state index contributed by atoms with van der Waals surface area (Å²) in [5, 5.41) is 13.6. The van der Waals surface area contributed by atoms with E-state index >= 15 is 4.39 Å². The molecule has 6 rings (SSSR count). The lowest BCUT2D eigenvalue weighted by atomic mass is 10.0. The van der Waals surface area contributed by atoms with E-state index in [1.54, 1.807) is 42.2 Å². The van der Waals surface area contributed by atoms with Crippen LogP contribution >= 0.6 is 0 Å². The van der Waals surface area contributed by atoms with Gasteiger partial charge in [-0.1, -0.05) is 18.2 Å². The number of carboxylic acids is 1. The summed E-state index contributed by atoms with van der Waals surface area (Å²) in [6.45, 7) is -0.436. The Bertz CT molecular complexity index is 2020. The second-order valence-electron chi connectivity index (χ2n) is 11.0. The molecule has 0 bridgehead atoms. The zero-order valence-corrected chi connectivity index (χ0v) is 24.2. The zero-order valence-electron chi connectivity index (χ0n) is 24.2.